The van der Waals surface area contributed by atoms with Crippen molar-refractivity contribution < 1.29 is 5.11 Å². The first-order valence-corrected chi connectivity index (χ1v) is 5.92. The molecule has 2 aliphatic carbocycles. The lowest BCUT2D eigenvalue weighted by Gasteiger charge is -2.41. The molecule has 0 aromatic carbocycles. The van der Waals surface area contributed by atoms with Gasteiger partial charge in [-0.05, 0) is 37.1 Å². The average Bonchev–Trinajstić information content (AvgIpc) is 2.65. The summed E-state index contributed by atoms with van der Waals surface area (Å²) in [6, 6.07) is 0. The minimum absolute atomic E-state index is 0.104. The normalized spacial score (nSPS) is 44.6. The molecule has 2 bridgehead atoms. The van der Waals surface area contributed by atoms with Gasteiger partial charge in [-0.2, -0.15) is 0 Å². The number of aliphatic hydroxyl groups excluding tert-OH is 1. The third-order valence-electron chi connectivity index (χ3n) is 4.71. The van der Waals surface area contributed by atoms with E-state index in [0.717, 1.165) is 19.0 Å². The fraction of sp³-hybridized carbons (Fsp3) is 1.00. The standard InChI is InChI=1S/C12H23NO/c1-4-13-8-12-6-5-9(7-12)11(2,3)10(12)14/h9-10,13-14H,4-8H2,1-3H3/t9-,10-,12+/m1/s1. The molecule has 2 aliphatic rings. The lowest BCUT2D eigenvalue weighted by molar-refractivity contribution is -0.0410. The van der Waals surface area contributed by atoms with Crippen molar-refractivity contribution in [3.05, 3.63) is 0 Å². The number of hydrogen-bond acceptors (Lipinski definition) is 2. The van der Waals surface area contributed by atoms with Crippen LogP contribution in [0.3, 0.4) is 0 Å². The highest BCUT2D eigenvalue weighted by Gasteiger charge is 2.60. The molecule has 14 heavy (non-hydrogen) atoms. The van der Waals surface area contributed by atoms with Crippen molar-refractivity contribution in [2.45, 2.75) is 46.1 Å². The zero-order valence-electron chi connectivity index (χ0n) is 9.64. The van der Waals surface area contributed by atoms with Crippen molar-refractivity contribution >= 4 is 0 Å². The summed E-state index contributed by atoms with van der Waals surface area (Å²) in [6.45, 7) is 8.62. The molecule has 82 valence electrons. The number of rotatable bonds is 3. The first-order valence-electron chi connectivity index (χ1n) is 5.92. The van der Waals surface area contributed by atoms with Gasteiger partial charge in [-0.3, -0.25) is 0 Å². The molecule has 0 radical (unpaired) electrons. The molecule has 2 heteroatoms. The lowest BCUT2D eigenvalue weighted by atomic mass is 9.69. The van der Waals surface area contributed by atoms with E-state index in [-0.39, 0.29) is 16.9 Å². The topological polar surface area (TPSA) is 32.3 Å². The molecule has 2 saturated carbocycles. The average molecular weight is 197 g/mol. The zero-order chi connectivity index (χ0) is 10.4. The van der Waals surface area contributed by atoms with E-state index in [1.54, 1.807) is 0 Å². The van der Waals surface area contributed by atoms with E-state index in [4.69, 9.17) is 0 Å². The minimum Gasteiger partial charge on any atom is -0.392 e. The molecule has 2 nitrogen and oxygen atoms in total. The summed E-state index contributed by atoms with van der Waals surface area (Å²) in [5.74, 6) is 0.746. The molecular weight excluding hydrogens is 174 g/mol. The van der Waals surface area contributed by atoms with Gasteiger partial charge in [0.05, 0.1) is 6.10 Å². The van der Waals surface area contributed by atoms with Crippen molar-refractivity contribution in [3.63, 3.8) is 0 Å². The molecule has 0 spiro atoms. The maximum Gasteiger partial charge on any atom is 0.0662 e. The lowest BCUT2D eigenvalue weighted by Crippen LogP contribution is -2.46. The number of nitrogens with one attached hydrogen (secondary N) is 1. The Morgan fingerprint density at radius 3 is 2.64 bits per heavy atom. The van der Waals surface area contributed by atoms with Crippen LogP contribution < -0.4 is 5.32 Å². The monoisotopic (exact) mass is 197 g/mol. The predicted octanol–water partition coefficient (Wildman–Crippen LogP) is 1.78. The summed E-state index contributed by atoms with van der Waals surface area (Å²) in [5.41, 5.74) is 0.345. The molecule has 0 saturated heterocycles. The molecule has 3 atom stereocenters. The molecule has 0 amide bonds. The van der Waals surface area contributed by atoms with Gasteiger partial charge in [0, 0.05) is 12.0 Å². The van der Waals surface area contributed by atoms with Gasteiger partial charge in [-0.15, -0.1) is 0 Å². The van der Waals surface area contributed by atoms with Gasteiger partial charge in [-0.1, -0.05) is 20.8 Å². The largest absolute Gasteiger partial charge is 0.392 e. The Bertz CT molecular complexity index is 226. The summed E-state index contributed by atoms with van der Waals surface area (Å²) in [5, 5.41) is 13.8. The first-order chi connectivity index (χ1) is 6.53. The second-order valence-electron chi connectivity index (χ2n) is 5.81. The SMILES string of the molecule is CCNC[C@]12CC[C@H](C1)C(C)(C)[C@H]2O. The maximum absolute atomic E-state index is 10.4. The van der Waals surface area contributed by atoms with Crippen LogP contribution >= 0.6 is 0 Å². The van der Waals surface area contributed by atoms with Crippen LogP contribution in [0.5, 0.6) is 0 Å². The van der Waals surface area contributed by atoms with E-state index < -0.39 is 0 Å². The van der Waals surface area contributed by atoms with Crippen molar-refractivity contribution in [1.82, 2.24) is 5.32 Å². The van der Waals surface area contributed by atoms with E-state index in [9.17, 15) is 5.11 Å². The Kier molecular flexibility index (Phi) is 2.39. The Balaban J connectivity index is 2.13. The summed E-state index contributed by atoms with van der Waals surface area (Å²) < 4.78 is 0. The quantitative estimate of drug-likeness (QED) is 0.723. The van der Waals surface area contributed by atoms with E-state index in [0.29, 0.717) is 0 Å². The Labute approximate surface area is 87.1 Å². The van der Waals surface area contributed by atoms with Crippen molar-refractivity contribution in [2.24, 2.45) is 16.7 Å². The highest BCUT2D eigenvalue weighted by molar-refractivity contribution is 5.11. The molecule has 2 rings (SSSR count). The van der Waals surface area contributed by atoms with Crippen molar-refractivity contribution in [2.75, 3.05) is 13.1 Å². The van der Waals surface area contributed by atoms with E-state index in [2.05, 4.69) is 26.1 Å². The van der Waals surface area contributed by atoms with Crippen LogP contribution in [-0.2, 0) is 0 Å². The van der Waals surface area contributed by atoms with Crippen LogP contribution in [0, 0.1) is 16.7 Å². The van der Waals surface area contributed by atoms with Gasteiger partial charge >= 0.3 is 0 Å². The summed E-state index contributed by atoms with van der Waals surface area (Å²) in [7, 11) is 0. The molecule has 0 aromatic heterocycles. The van der Waals surface area contributed by atoms with Crippen LogP contribution in [0.15, 0.2) is 0 Å². The fourth-order valence-electron chi connectivity index (χ4n) is 3.68. The van der Waals surface area contributed by atoms with Gasteiger partial charge in [0.2, 0.25) is 0 Å². The Morgan fingerprint density at radius 2 is 2.14 bits per heavy atom. The molecule has 0 aliphatic heterocycles. The highest BCUT2D eigenvalue weighted by atomic mass is 16.3. The number of hydrogen-bond donors (Lipinski definition) is 2. The third kappa shape index (κ3) is 1.24. The summed E-state index contributed by atoms with van der Waals surface area (Å²) >= 11 is 0. The second kappa shape index (κ2) is 3.21. The molecule has 2 fully saturated rings. The molecule has 0 heterocycles. The molecular formula is C12H23NO. The predicted molar refractivity (Wildman–Crippen MR) is 58.1 cm³/mol. The van der Waals surface area contributed by atoms with E-state index >= 15 is 0 Å². The van der Waals surface area contributed by atoms with Crippen molar-refractivity contribution in [1.29, 1.82) is 0 Å². The van der Waals surface area contributed by atoms with Crippen LogP contribution in [0.2, 0.25) is 0 Å². The first kappa shape index (κ1) is 10.4. The van der Waals surface area contributed by atoms with Gasteiger partial charge in [-0.25, -0.2) is 0 Å². The smallest absolute Gasteiger partial charge is 0.0662 e. The number of fused-ring (bicyclic) bond motifs is 2. The van der Waals surface area contributed by atoms with Crippen LogP contribution in [-0.4, -0.2) is 24.3 Å². The van der Waals surface area contributed by atoms with Gasteiger partial charge in [0.25, 0.3) is 0 Å². The Morgan fingerprint density at radius 1 is 1.43 bits per heavy atom. The minimum atomic E-state index is -0.104. The fourth-order valence-corrected chi connectivity index (χ4v) is 3.68. The highest BCUT2D eigenvalue weighted by Crippen LogP contribution is 2.62. The van der Waals surface area contributed by atoms with Crippen molar-refractivity contribution in [3.8, 4) is 0 Å². The Hall–Kier alpha value is -0.0800. The van der Waals surface area contributed by atoms with Crippen LogP contribution in [0.4, 0.5) is 0 Å². The number of aliphatic hydroxyl groups is 1. The van der Waals surface area contributed by atoms with Crippen LogP contribution in [0.1, 0.15) is 40.0 Å². The summed E-state index contributed by atoms with van der Waals surface area (Å²) in [4.78, 5) is 0. The maximum atomic E-state index is 10.4. The molecule has 0 aromatic rings. The van der Waals surface area contributed by atoms with Gasteiger partial charge in [0.1, 0.15) is 0 Å². The zero-order valence-corrected chi connectivity index (χ0v) is 9.64. The van der Waals surface area contributed by atoms with Gasteiger partial charge < -0.3 is 10.4 Å². The van der Waals surface area contributed by atoms with E-state index in [1.165, 1.54) is 19.3 Å². The van der Waals surface area contributed by atoms with E-state index in [1.807, 2.05) is 0 Å². The third-order valence-corrected chi connectivity index (χ3v) is 4.71. The van der Waals surface area contributed by atoms with Crippen LogP contribution in [0.25, 0.3) is 0 Å². The second-order valence-corrected chi connectivity index (χ2v) is 5.81. The van der Waals surface area contributed by atoms with Gasteiger partial charge in [0.15, 0.2) is 0 Å². The molecule has 2 N–H and O–H groups in total. The molecule has 0 unspecified atom stereocenters. The summed E-state index contributed by atoms with van der Waals surface area (Å²) in [6.07, 6.45) is 3.66.